The van der Waals surface area contributed by atoms with Crippen molar-refractivity contribution in [1.29, 1.82) is 0 Å². The predicted molar refractivity (Wildman–Crippen MR) is 139 cm³/mol. The molecule has 4 N–H and O–H groups in total. The van der Waals surface area contributed by atoms with Crippen LogP contribution in [0.15, 0.2) is 91.0 Å². The van der Waals surface area contributed by atoms with E-state index < -0.39 is 0 Å². The molecule has 4 aromatic carbocycles. The fraction of sp³-hybridized carbons (Fsp3) is 0.200. The molecule has 1 aliphatic rings. The molecule has 0 saturated heterocycles. The highest BCUT2D eigenvalue weighted by Crippen LogP contribution is 2.53. The summed E-state index contributed by atoms with van der Waals surface area (Å²) in [6, 6.07) is 29.8. The lowest BCUT2D eigenvalue weighted by Gasteiger charge is -2.28. The second kappa shape index (κ2) is 8.45. The van der Waals surface area contributed by atoms with Gasteiger partial charge >= 0.3 is 0 Å². The molecule has 4 nitrogen and oxygen atoms in total. The summed E-state index contributed by atoms with van der Waals surface area (Å²) in [7, 11) is 0. The maximum Gasteiger partial charge on any atom is 0.127 e. The highest BCUT2D eigenvalue weighted by atomic mass is 16.5. The first kappa shape index (κ1) is 21.9. The molecule has 34 heavy (non-hydrogen) atoms. The lowest BCUT2D eigenvalue weighted by Crippen LogP contribution is -2.23. The van der Waals surface area contributed by atoms with E-state index in [1.807, 2.05) is 60.7 Å². The van der Waals surface area contributed by atoms with Gasteiger partial charge < -0.3 is 20.9 Å². The Kier molecular flexibility index (Phi) is 5.45. The summed E-state index contributed by atoms with van der Waals surface area (Å²) in [5, 5.41) is 0. The number of hydrogen-bond donors (Lipinski definition) is 2. The number of anilines is 2. The van der Waals surface area contributed by atoms with Crippen molar-refractivity contribution < 1.29 is 9.47 Å². The van der Waals surface area contributed by atoms with Crippen molar-refractivity contribution in [1.82, 2.24) is 0 Å². The Morgan fingerprint density at radius 2 is 1.06 bits per heavy atom. The quantitative estimate of drug-likeness (QED) is 0.309. The van der Waals surface area contributed by atoms with Gasteiger partial charge in [-0.3, -0.25) is 0 Å². The average Bonchev–Trinajstić information content (AvgIpc) is 3.02. The number of nitrogen functional groups attached to an aromatic ring is 2. The maximum atomic E-state index is 6.16. The Balaban J connectivity index is 1.44. The van der Waals surface area contributed by atoms with Crippen molar-refractivity contribution in [3.05, 3.63) is 108 Å². The van der Waals surface area contributed by atoms with Crippen LogP contribution in [0.1, 0.15) is 43.4 Å². The van der Waals surface area contributed by atoms with Crippen LogP contribution < -0.4 is 20.9 Å². The van der Waals surface area contributed by atoms with Crippen LogP contribution in [-0.2, 0) is 5.41 Å². The Labute approximate surface area is 201 Å². The van der Waals surface area contributed by atoms with Gasteiger partial charge in [0.2, 0.25) is 0 Å². The van der Waals surface area contributed by atoms with Crippen molar-refractivity contribution in [2.45, 2.75) is 32.1 Å². The molecule has 5 rings (SSSR count). The Morgan fingerprint density at radius 1 is 0.618 bits per heavy atom. The molecule has 4 heteroatoms. The number of hydrogen-bond acceptors (Lipinski definition) is 4. The molecule has 0 amide bonds. The third-order valence-electron chi connectivity index (χ3n) is 7.16. The average molecular weight is 451 g/mol. The normalized spacial score (nSPS) is 18.3. The standard InChI is InChI=1S/C30H30N2O2/c1-19-29(20-4-10-23(11-5-20)33-24-12-6-21(31)7-13-24)27-18-26(16-17-28(27)30(19,2)3)34-25-14-8-22(32)9-15-25/h4-19,29H,31-32H2,1-3H3. The van der Waals surface area contributed by atoms with Crippen molar-refractivity contribution >= 4 is 11.4 Å². The van der Waals surface area contributed by atoms with Gasteiger partial charge in [0.25, 0.3) is 0 Å². The van der Waals surface area contributed by atoms with Gasteiger partial charge in [-0.25, -0.2) is 0 Å². The summed E-state index contributed by atoms with van der Waals surface area (Å²) in [6.07, 6.45) is 0. The molecule has 172 valence electrons. The smallest absolute Gasteiger partial charge is 0.127 e. The minimum atomic E-state index is 0.0544. The molecule has 0 radical (unpaired) electrons. The Bertz CT molecular complexity index is 1290. The van der Waals surface area contributed by atoms with Crippen LogP contribution in [0.3, 0.4) is 0 Å². The fourth-order valence-electron chi connectivity index (χ4n) is 4.94. The summed E-state index contributed by atoms with van der Waals surface area (Å²) in [4.78, 5) is 0. The molecule has 1 aliphatic carbocycles. The Morgan fingerprint density at radius 3 is 1.59 bits per heavy atom. The van der Waals surface area contributed by atoms with Crippen LogP contribution in [-0.4, -0.2) is 0 Å². The molecule has 0 aliphatic heterocycles. The first-order valence-electron chi connectivity index (χ1n) is 11.6. The molecular weight excluding hydrogens is 420 g/mol. The first-order valence-corrected chi connectivity index (χ1v) is 11.6. The molecule has 0 fully saturated rings. The lowest BCUT2D eigenvalue weighted by atomic mass is 9.75. The van der Waals surface area contributed by atoms with Crippen molar-refractivity contribution in [3.63, 3.8) is 0 Å². The molecule has 0 bridgehead atoms. The number of fused-ring (bicyclic) bond motifs is 1. The molecule has 2 atom stereocenters. The number of rotatable bonds is 5. The van der Waals surface area contributed by atoms with Gasteiger partial charge in [-0.15, -0.1) is 0 Å². The predicted octanol–water partition coefficient (Wildman–Crippen LogP) is 7.49. The highest BCUT2D eigenvalue weighted by Gasteiger charge is 2.44. The second-order valence-corrected chi connectivity index (χ2v) is 9.65. The third kappa shape index (κ3) is 4.08. The fourth-order valence-corrected chi connectivity index (χ4v) is 4.94. The van der Waals surface area contributed by atoms with Gasteiger partial charge in [-0.05, 0) is 101 Å². The summed E-state index contributed by atoms with van der Waals surface area (Å²) >= 11 is 0. The molecule has 0 heterocycles. The van der Waals surface area contributed by atoms with Crippen molar-refractivity contribution in [2.75, 3.05) is 11.5 Å². The van der Waals surface area contributed by atoms with E-state index in [4.69, 9.17) is 20.9 Å². The van der Waals surface area contributed by atoms with Gasteiger partial charge in [0, 0.05) is 17.3 Å². The van der Waals surface area contributed by atoms with Gasteiger partial charge in [0.15, 0.2) is 0 Å². The van der Waals surface area contributed by atoms with Crippen LogP contribution in [0.25, 0.3) is 0 Å². The SMILES string of the molecule is CC1C(c2ccc(Oc3ccc(N)cc3)cc2)c2cc(Oc3ccc(N)cc3)ccc2C1(C)C. The van der Waals surface area contributed by atoms with Crippen LogP contribution in [0.4, 0.5) is 11.4 Å². The number of benzene rings is 4. The summed E-state index contributed by atoms with van der Waals surface area (Å²) in [5.41, 5.74) is 17.0. The van der Waals surface area contributed by atoms with Gasteiger partial charge in [-0.2, -0.15) is 0 Å². The van der Waals surface area contributed by atoms with Crippen LogP contribution in [0.2, 0.25) is 0 Å². The zero-order valence-corrected chi connectivity index (χ0v) is 19.8. The van der Waals surface area contributed by atoms with Gasteiger partial charge in [0.05, 0.1) is 0 Å². The number of nitrogens with two attached hydrogens (primary N) is 2. The van der Waals surface area contributed by atoms with E-state index in [1.54, 1.807) is 0 Å². The first-order chi connectivity index (χ1) is 16.3. The van der Waals surface area contributed by atoms with Crippen molar-refractivity contribution in [3.8, 4) is 23.0 Å². The lowest BCUT2D eigenvalue weighted by molar-refractivity contribution is 0.352. The third-order valence-corrected chi connectivity index (χ3v) is 7.16. The van der Waals surface area contributed by atoms with E-state index in [0.29, 0.717) is 5.92 Å². The highest BCUT2D eigenvalue weighted by molar-refractivity contribution is 5.53. The van der Waals surface area contributed by atoms with E-state index in [9.17, 15) is 0 Å². The van der Waals surface area contributed by atoms with Crippen LogP contribution in [0, 0.1) is 5.92 Å². The summed E-state index contributed by atoms with van der Waals surface area (Å²) in [6.45, 7) is 7.00. The van der Waals surface area contributed by atoms with E-state index in [2.05, 4.69) is 51.1 Å². The topological polar surface area (TPSA) is 70.5 Å². The monoisotopic (exact) mass is 450 g/mol. The maximum absolute atomic E-state index is 6.16. The van der Waals surface area contributed by atoms with E-state index >= 15 is 0 Å². The second-order valence-electron chi connectivity index (χ2n) is 9.65. The molecule has 0 saturated carbocycles. The zero-order chi connectivity index (χ0) is 23.9. The number of ether oxygens (including phenoxy) is 2. The summed E-state index contributed by atoms with van der Waals surface area (Å²) in [5.74, 6) is 3.89. The van der Waals surface area contributed by atoms with Crippen molar-refractivity contribution in [2.24, 2.45) is 5.92 Å². The minimum Gasteiger partial charge on any atom is -0.457 e. The van der Waals surface area contributed by atoms with E-state index in [-0.39, 0.29) is 11.3 Å². The van der Waals surface area contributed by atoms with Crippen LogP contribution >= 0.6 is 0 Å². The van der Waals surface area contributed by atoms with Crippen LogP contribution in [0.5, 0.6) is 23.0 Å². The molecule has 0 aromatic heterocycles. The molecule has 2 unspecified atom stereocenters. The van der Waals surface area contributed by atoms with Gasteiger partial charge in [0.1, 0.15) is 23.0 Å². The molecule has 4 aromatic rings. The zero-order valence-electron chi connectivity index (χ0n) is 19.8. The minimum absolute atomic E-state index is 0.0544. The Hall–Kier alpha value is -3.92. The van der Waals surface area contributed by atoms with Gasteiger partial charge in [-0.1, -0.05) is 39.0 Å². The summed E-state index contributed by atoms with van der Waals surface area (Å²) < 4.78 is 12.2. The molecular formula is C30H30N2O2. The molecule has 0 spiro atoms. The van der Waals surface area contributed by atoms with E-state index in [1.165, 1.54) is 16.7 Å². The van der Waals surface area contributed by atoms with E-state index in [0.717, 1.165) is 34.4 Å². The largest absolute Gasteiger partial charge is 0.457 e.